The van der Waals surface area contributed by atoms with E-state index in [9.17, 15) is 18.8 Å². The zero-order chi connectivity index (χ0) is 16.8. The molecule has 0 spiro atoms. The van der Waals surface area contributed by atoms with Crippen molar-refractivity contribution < 1.29 is 23.5 Å². The Kier molecular flexibility index (Phi) is 5.42. The fourth-order valence-electron chi connectivity index (χ4n) is 1.69. The molecule has 8 heteroatoms. The molecular formula is C15H13FN2O4S. The maximum atomic E-state index is 12.9. The molecule has 120 valence electrons. The molecule has 1 heterocycles. The van der Waals surface area contributed by atoms with Crippen molar-refractivity contribution in [1.29, 1.82) is 0 Å². The highest BCUT2D eigenvalue weighted by Gasteiger charge is 2.18. The Morgan fingerprint density at radius 1 is 1.13 bits per heavy atom. The zero-order valence-electron chi connectivity index (χ0n) is 12.1. The summed E-state index contributed by atoms with van der Waals surface area (Å²) in [6, 6.07) is 6.46. The summed E-state index contributed by atoms with van der Waals surface area (Å²) in [6.07, 6.45) is -0.862. The highest BCUT2D eigenvalue weighted by atomic mass is 32.1. The minimum Gasteiger partial charge on any atom is -0.450 e. The van der Waals surface area contributed by atoms with Gasteiger partial charge in [0.2, 0.25) is 0 Å². The first-order valence-corrected chi connectivity index (χ1v) is 7.51. The van der Waals surface area contributed by atoms with Crippen LogP contribution >= 0.6 is 11.3 Å². The summed E-state index contributed by atoms with van der Waals surface area (Å²) < 4.78 is 17.5. The number of imide groups is 1. The van der Waals surface area contributed by atoms with Crippen LogP contribution in [-0.4, -0.2) is 24.5 Å². The number of hydrogen-bond donors (Lipinski definition) is 2. The Hall–Kier alpha value is -2.74. The number of benzene rings is 1. The van der Waals surface area contributed by atoms with E-state index in [1.165, 1.54) is 18.2 Å². The maximum absolute atomic E-state index is 12.9. The van der Waals surface area contributed by atoms with Crippen molar-refractivity contribution in [3.05, 3.63) is 52.7 Å². The normalized spacial score (nSPS) is 10.0. The molecule has 0 aliphatic carbocycles. The summed E-state index contributed by atoms with van der Waals surface area (Å²) >= 11 is 1.13. The molecule has 0 unspecified atom stereocenters. The summed E-state index contributed by atoms with van der Waals surface area (Å²) in [7, 11) is 0. The van der Waals surface area contributed by atoms with Gasteiger partial charge < -0.3 is 10.1 Å². The molecule has 2 aromatic rings. The van der Waals surface area contributed by atoms with E-state index in [4.69, 9.17) is 0 Å². The second-order valence-corrected chi connectivity index (χ2v) is 5.22. The number of carbonyl (C=O) groups excluding carboxylic acids is 3. The fourth-order valence-corrected chi connectivity index (χ4v) is 2.47. The quantitative estimate of drug-likeness (QED) is 0.899. The molecule has 0 atom stereocenters. The molecule has 0 radical (unpaired) electrons. The van der Waals surface area contributed by atoms with E-state index in [0.717, 1.165) is 23.5 Å². The first kappa shape index (κ1) is 16.6. The molecule has 0 bridgehead atoms. The van der Waals surface area contributed by atoms with Crippen molar-refractivity contribution in [2.45, 2.75) is 6.92 Å². The van der Waals surface area contributed by atoms with Crippen LogP contribution in [0, 0.1) is 5.82 Å². The minimum absolute atomic E-state index is 0.136. The molecule has 0 aliphatic rings. The van der Waals surface area contributed by atoms with Gasteiger partial charge in [0.1, 0.15) is 10.8 Å². The van der Waals surface area contributed by atoms with Gasteiger partial charge in [0, 0.05) is 5.56 Å². The number of halogens is 1. The Labute approximate surface area is 135 Å². The van der Waals surface area contributed by atoms with E-state index in [0.29, 0.717) is 0 Å². The smallest absolute Gasteiger partial charge is 0.414 e. The van der Waals surface area contributed by atoms with E-state index in [1.54, 1.807) is 12.3 Å². The second kappa shape index (κ2) is 7.50. The van der Waals surface area contributed by atoms with Gasteiger partial charge in [-0.1, -0.05) is 0 Å². The van der Waals surface area contributed by atoms with Crippen molar-refractivity contribution in [3.8, 4) is 0 Å². The summed E-state index contributed by atoms with van der Waals surface area (Å²) in [4.78, 5) is 35.3. The third kappa shape index (κ3) is 4.36. The summed E-state index contributed by atoms with van der Waals surface area (Å²) in [5.74, 6) is -1.62. The Morgan fingerprint density at radius 2 is 1.83 bits per heavy atom. The molecule has 1 aromatic heterocycles. The van der Waals surface area contributed by atoms with E-state index in [-0.39, 0.29) is 22.7 Å². The molecule has 0 aliphatic heterocycles. The lowest BCUT2D eigenvalue weighted by Gasteiger charge is -2.07. The van der Waals surface area contributed by atoms with Crippen molar-refractivity contribution >= 4 is 34.2 Å². The largest absolute Gasteiger partial charge is 0.450 e. The topological polar surface area (TPSA) is 84.5 Å². The number of amides is 3. The SMILES string of the molecule is CCOC(=O)NC(=O)c1ccsc1NC(=O)c1ccc(F)cc1. The van der Waals surface area contributed by atoms with Crippen LogP contribution in [0.25, 0.3) is 0 Å². The van der Waals surface area contributed by atoms with Crippen LogP contribution in [-0.2, 0) is 4.74 Å². The van der Waals surface area contributed by atoms with E-state index in [1.807, 2.05) is 5.32 Å². The highest BCUT2D eigenvalue weighted by Crippen LogP contribution is 2.24. The third-order valence-electron chi connectivity index (χ3n) is 2.73. The van der Waals surface area contributed by atoms with E-state index >= 15 is 0 Å². The van der Waals surface area contributed by atoms with E-state index < -0.39 is 23.7 Å². The van der Waals surface area contributed by atoms with Crippen LogP contribution < -0.4 is 10.6 Å². The molecule has 0 saturated heterocycles. The van der Waals surface area contributed by atoms with Crippen molar-refractivity contribution in [2.75, 3.05) is 11.9 Å². The predicted octanol–water partition coefficient (Wildman–Crippen LogP) is 3.03. The Bertz CT molecular complexity index is 727. The lowest BCUT2D eigenvalue weighted by molar-refractivity contribution is 0.0926. The molecule has 2 rings (SSSR count). The zero-order valence-corrected chi connectivity index (χ0v) is 12.9. The monoisotopic (exact) mass is 336 g/mol. The third-order valence-corrected chi connectivity index (χ3v) is 3.56. The van der Waals surface area contributed by atoms with Crippen LogP contribution in [0.15, 0.2) is 35.7 Å². The summed E-state index contributed by atoms with van der Waals surface area (Å²) in [6.45, 7) is 1.75. The van der Waals surface area contributed by atoms with Crippen LogP contribution in [0.4, 0.5) is 14.2 Å². The first-order chi connectivity index (χ1) is 11.0. The highest BCUT2D eigenvalue weighted by molar-refractivity contribution is 7.14. The van der Waals surface area contributed by atoms with Gasteiger partial charge in [-0.3, -0.25) is 14.9 Å². The molecule has 23 heavy (non-hydrogen) atoms. The van der Waals surface area contributed by atoms with Crippen LogP contribution in [0.2, 0.25) is 0 Å². The Morgan fingerprint density at radius 3 is 2.48 bits per heavy atom. The van der Waals surface area contributed by atoms with Gasteiger partial charge >= 0.3 is 6.09 Å². The number of ether oxygens (including phenoxy) is 1. The lowest BCUT2D eigenvalue weighted by atomic mass is 10.2. The standard InChI is InChI=1S/C15H13FN2O4S/c1-2-22-15(21)18-13(20)11-7-8-23-14(11)17-12(19)9-3-5-10(16)6-4-9/h3-8H,2H2,1H3,(H,17,19)(H,18,20,21). The van der Waals surface area contributed by atoms with Crippen LogP contribution in [0.3, 0.4) is 0 Å². The van der Waals surface area contributed by atoms with Gasteiger partial charge in [0.25, 0.3) is 11.8 Å². The van der Waals surface area contributed by atoms with Crippen LogP contribution in [0.1, 0.15) is 27.6 Å². The van der Waals surface area contributed by atoms with Gasteiger partial charge in [-0.05, 0) is 42.6 Å². The molecule has 0 fully saturated rings. The molecule has 2 N–H and O–H groups in total. The van der Waals surface area contributed by atoms with E-state index in [2.05, 4.69) is 10.1 Å². The molecule has 0 saturated carbocycles. The first-order valence-electron chi connectivity index (χ1n) is 6.63. The van der Waals surface area contributed by atoms with Crippen LogP contribution in [0.5, 0.6) is 0 Å². The van der Waals surface area contributed by atoms with Crippen molar-refractivity contribution in [3.63, 3.8) is 0 Å². The molecule has 6 nitrogen and oxygen atoms in total. The summed E-state index contributed by atoms with van der Waals surface area (Å²) in [5.41, 5.74) is 0.384. The molecule has 3 amide bonds. The van der Waals surface area contributed by atoms with Gasteiger partial charge in [-0.15, -0.1) is 11.3 Å². The van der Waals surface area contributed by atoms with Gasteiger partial charge in [-0.25, -0.2) is 9.18 Å². The number of carbonyl (C=O) groups is 3. The molecule has 1 aromatic carbocycles. The number of hydrogen-bond acceptors (Lipinski definition) is 5. The minimum atomic E-state index is -0.862. The molecular weight excluding hydrogens is 323 g/mol. The van der Waals surface area contributed by atoms with Crippen molar-refractivity contribution in [2.24, 2.45) is 0 Å². The average Bonchev–Trinajstić information content (AvgIpc) is 2.96. The lowest BCUT2D eigenvalue weighted by Crippen LogP contribution is -2.31. The number of alkyl carbamates (subject to hydrolysis) is 1. The Balaban J connectivity index is 2.08. The number of thiophene rings is 1. The number of anilines is 1. The average molecular weight is 336 g/mol. The summed E-state index contributed by atoms with van der Waals surface area (Å²) in [5, 5.41) is 6.48. The van der Waals surface area contributed by atoms with Gasteiger partial charge in [0.15, 0.2) is 0 Å². The maximum Gasteiger partial charge on any atom is 0.414 e. The van der Waals surface area contributed by atoms with Crippen molar-refractivity contribution in [1.82, 2.24) is 5.32 Å². The van der Waals surface area contributed by atoms with Gasteiger partial charge in [-0.2, -0.15) is 0 Å². The number of nitrogens with one attached hydrogen (secondary N) is 2. The predicted molar refractivity (Wildman–Crippen MR) is 83.2 cm³/mol. The van der Waals surface area contributed by atoms with Gasteiger partial charge in [0.05, 0.1) is 12.2 Å². The number of rotatable bonds is 4. The fraction of sp³-hybridized carbons (Fsp3) is 0.133. The second-order valence-electron chi connectivity index (χ2n) is 4.30.